The van der Waals surface area contributed by atoms with Gasteiger partial charge in [0.05, 0.1) is 0 Å². The molecule has 6 rings (SSSR count). The monoisotopic (exact) mass is 341 g/mol. The largest absolute Gasteiger partial charge is 0.406 e. The summed E-state index contributed by atoms with van der Waals surface area (Å²) in [6.45, 7) is 0. The van der Waals surface area contributed by atoms with Crippen molar-refractivity contribution in [3.8, 4) is 0 Å². The van der Waals surface area contributed by atoms with Crippen molar-refractivity contribution in [2.45, 2.75) is 43.4 Å². The molecule has 124 valence electrons. The molecule has 4 fully saturated rings. The minimum atomic E-state index is -0.326. The third-order valence-electron chi connectivity index (χ3n) is 6.17. The van der Waals surface area contributed by atoms with Crippen molar-refractivity contribution < 1.29 is 9.53 Å². The normalized spacial score (nSPS) is 41.6. The maximum atomic E-state index is 12.3. The van der Waals surface area contributed by atoms with Crippen LogP contribution in [0, 0.1) is 17.3 Å². The molecule has 0 aromatic heterocycles. The van der Waals surface area contributed by atoms with Crippen LogP contribution in [-0.4, -0.2) is 16.7 Å². The van der Waals surface area contributed by atoms with Crippen LogP contribution in [0.15, 0.2) is 41.0 Å². The van der Waals surface area contributed by atoms with Crippen LogP contribution in [-0.2, 0) is 9.53 Å². The molecule has 4 heteroatoms. The molecule has 5 aliphatic rings. The highest BCUT2D eigenvalue weighted by atomic mass is 35.5. The Morgan fingerprint density at radius 1 is 1.12 bits per heavy atom. The first kappa shape index (κ1) is 14.7. The van der Waals surface area contributed by atoms with E-state index in [0.717, 1.165) is 37.7 Å². The fourth-order valence-corrected chi connectivity index (χ4v) is 6.44. The van der Waals surface area contributed by atoms with Crippen LogP contribution in [0.2, 0.25) is 0 Å². The highest BCUT2D eigenvalue weighted by Gasteiger charge is 2.60. The van der Waals surface area contributed by atoms with Gasteiger partial charge in [-0.3, -0.25) is 0 Å². The van der Waals surface area contributed by atoms with Gasteiger partial charge < -0.3 is 4.74 Å². The second-order valence-corrected chi connectivity index (χ2v) is 8.94. The number of benzene rings is 1. The van der Waals surface area contributed by atoms with Crippen molar-refractivity contribution in [1.29, 1.82) is 0 Å². The topological polar surface area (TPSA) is 38.7 Å². The molecule has 4 saturated carbocycles. The number of halogens is 1. The van der Waals surface area contributed by atoms with Crippen LogP contribution in [0.25, 0.3) is 6.08 Å². The average Bonchev–Trinajstić information content (AvgIpc) is 2.88. The maximum absolute atomic E-state index is 12.3. The van der Waals surface area contributed by atoms with Crippen LogP contribution in [0.3, 0.4) is 0 Å². The zero-order valence-electron chi connectivity index (χ0n) is 13.5. The highest BCUT2D eigenvalue weighted by molar-refractivity contribution is 6.24. The molecule has 24 heavy (non-hydrogen) atoms. The lowest BCUT2D eigenvalue weighted by Crippen LogP contribution is -2.56. The molecule has 4 bridgehead atoms. The summed E-state index contributed by atoms with van der Waals surface area (Å²) in [6.07, 6.45) is 8.36. The van der Waals surface area contributed by atoms with Crippen molar-refractivity contribution >= 4 is 29.5 Å². The van der Waals surface area contributed by atoms with Crippen molar-refractivity contribution in [3.63, 3.8) is 0 Å². The van der Waals surface area contributed by atoms with Crippen LogP contribution in [0.5, 0.6) is 0 Å². The summed E-state index contributed by atoms with van der Waals surface area (Å²) in [5.41, 5.74) is 1.26. The molecule has 0 spiro atoms. The second kappa shape index (κ2) is 4.95. The van der Waals surface area contributed by atoms with E-state index in [1.807, 2.05) is 36.4 Å². The number of carbonyl (C=O) groups is 1. The fourth-order valence-electron chi connectivity index (χ4n) is 5.74. The third-order valence-corrected chi connectivity index (χ3v) is 6.61. The first-order chi connectivity index (χ1) is 11.5. The number of rotatable bonds is 2. The number of aliphatic imine (C=N–C) groups is 1. The van der Waals surface area contributed by atoms with Gasteiger partial charge in [0.25, 0.3) is 0 Å². The highest BCUT2D eigenvalue weighted by Crippen LogP contribution is 2.64. The predicted molar refractivity (Wildman–Crippen MR) is 93.6 cm³/mol. The molecule has 1 aromatic rings. The molecule has 1 aliphatic heterocycles. The fraction of sp³-hybridized carbons (Fsp3) is 0.500. The summed E-state index contributed by atoms with van der Waals surface area (Å²) < 4.78 is 5.66. The smallest absolute Gasteiger partial charge is 0.363 e. The molecule has 3 nitrogen and oxygen atoms in total. The zero-order valence-corrected chi connectivity index (χ0v) is 14.3. The number of nitrogens with zero attached hydrogens (tertiary/aromatic N) is 1. The lowest BCUT2D eigenvalue weighted by molar-refractivity contribution is -0.131. The molecule has 2 unspecified atom stereocenters. The number of alkyl halides is 1. The van der Waals surface area contributed by atoms with Gasteiger partial charge in [-0.05, 0) is 62.0 Å². The SMILES string of the molecule is O=C1OC(C23C[C@@H]4C[C@@H](CC(Cl)(C4)C2)C3)=N/C1=C\c1ccccc1. The molecule has 1 heterocycles. The van der Waals surface area contributed by atoms with E-state index in [2.05, 4.69) is 4.99 Å². The second-order valence-electron chi connectivity index (χ2n) is 8.14. The zero-order chi connectivity index (χ0) is 16.4. The third kappa shape index (κ3) is 2.25. The van der Waals surface area contributed by atoms with Crippen LogP contribution in [0.4, 0.5) is 0 Å². The Bertz CT molecular complexity index is 753. The maximum Gasteiger partial charge on any atom is 0.363 e. The van der Waals surface area contributed by atoms with Gasteiger partial charge in [0.15, 0.2) is 5.70 Å². The summed E-state index contributed by atoms with van der Waals surface area (Å²) in [4.78, 5) is 16.9. The first-order valence-electron chi connectivity index (χ1n) is 8.81. The van der Waals surface area contributed by atoms with Gasteiger partial charge in [-0.2, -0.15) is 0 Å². The van der Waals surface area contributed by atoms with Crippen LogP contribution >= 0.6 is 11.6 Å². The summed E-state index contributed by atoms with van der Waals surface area (Å²) in [5, 5.41) is 0. The van der Waals surface area contributed by atoms with Crippen molar-refractivity contribution in [1.82, 2.24) is 0 Å². The quantitative estimate of drug-likeness (QED) is 0.449. The van der Waals surface area contributed by atoms with Gasteiger partial charge in [-0.25, -0.2) is 9.79 Å². The van der Waals surface area contributed by atoms with Crippen molar-refractivity contribution in [2.24, 2.45) is 22.2 Å². The molecule has 0 radical (unpaired) electrons. The minimum absolute atomic E-state index is 0.106. The van der Waals surface area contributed by atoms with E-state index in [9.17, 15) is 4.79 Å². The van der Waals surface area contributed by atoms with Gasteiger partial charge in [0.2, 0.25) is 5.90 Å². The Morgan fingerprint density at radius 3 is 2.50 bits per heavy atom. The minimum Gasteiger partial charge on any atom is -0.406 e. The molecule has 1 aromatic carbocycles. The molecule has 4 aliphatic carbocycles. The Kier molecular flexibility index (Phi) is 3.03. The predicted octanol–water partition coefficient (Wildman–Crippen LogP) is 4.56. The lowest BCUT2D eigenvalue weighted by Gasteiger charge is -2.59. The van der Waals surface area contributed by atoms with Crippen LogP contribution < -0.4 is 0 Å². The van der Waals surface area contributed by atoms with Crippen LogP contribution in [0.1, 0.15) is 44.1 Å². The van der Waals surface area contributed by atoms with E-state index < -0.39 is 0 Å². The Morgan fingerprint density at radius 2 is 1.83 bits per heavy atom. The number of esters is 1. The molecule has 0 saturated heterocycles. The summed E-state index contributed by atoms with van der Waals surface area (Å²) in [6, 6.07) is 9.79. The summed E-state index contributed by atoms with van der Waals surface area (Å²) in [5.74, 6) is 1.63. The van der Waals surface area contributed by atoms with E-state index in [1.54, 1.807) is 0 Å². The van der Waals surface area contributed by atoms with Gasteiger partial charge in [0, 0.05) is 10.3 Å². The number of ether oxygens (including phenoxy) is 1. The molecule has 0 amide bonds. The van der Waals surface area contributed by atoms with Gasteiger partial charge in [0.1, 0.15) is 0 Å². The van der Waals surface area contributed by atoms with Gasteiger partial charge in [-0.15, -0.1) is 11.6 Å². The van der Waals surface area contributed by atoms with Crippen molar-refractivity contribution in [3.05, 3.63) is 41.6 Å². The van der Waals surface area contributed by atoms with E-state index >= 15 is 0 Å². The van der Waals surface area contributed by atoms with E-state index in [0.29, 0.717) is 23.4 Å². The molecule has 4 atom stereocenters. The Hall–Kier alpha value is -1.61. The summed E-state index contributed by atoms with van der Waals surface area (Å²) in [7, 11) is 0. The molecule has 0 N–H and O–H groups in total. The number of cyclic esters (lactones) is 1. The summed E-state index contributed by atoms with van der Waals surface area (Å²) >= 11 is 6.89. The number of hydrogen-bond donors (Lipinski definition) is 0. The van der Waals surface area contributed by atoms with E-state index in [4.69, 9.17) is 16.3 Å². The standard InChI is InChI=1S/C20H20ClNO2/c21-20-10-14-6-15(11-20)9-19(8-14,12-20)18-22-16(17(23)24-18)7-13-4-2-1-3-5-13/h1-5,7,14-15H,6,8-12H2/b16-7-/t14-,15+,19?,20?. The lowest BCUT2D eigenvalue weighted by atomic mass is 9.49. The van der Waals surface area contributed by atoms with E-state index in [-0.39, 0.29) is 16.3 Å². The Labute approximate surface area is 146 Å². The number of hydrogen-bond acceptors (Lipinski definition) is 3. The molecular formula is C20H20ClNO2. The Balaban J connectivity index is 1.50. The van der Waals surface area contributed by atoms with E-state index in [1.165, 1.54) is 6.42 Å². The first-order valence-corrected chi connectivity index (χ1v) is 9.19. The molecular weight excluding hydrogens is 322 g/mol. The van der Waals surface area contributed by atoms with Gasteiger partial charge in [-0.1, -0.05) is 30.3 Å². The van der Waals surface area contributed by atoms with Gasteiger partial charge >= 0.3 is 5.97 Å². The number of carbonyl (C=O) groups excluding carboxylic acids is 1. The van der Waals surface area contributed by atoms with Crippen molar-refractivity contribution in [2.75, 3.05) is 0 Å². The average molecular weight is 342 g/mol.